The number of rotatable bonds is 5. The average molecular weight is 275 g/mol. The predicted octanol–water partition coefficient (Wildman–Crippen LogP) is 1.91. The number of unbranched alkanes of at least 4 members (excludes halogenated alkanes) is 1. The molecule has 1 saturated carbocycles. The van der Waals surface area contributed by atoms with E-state index >= 15 is 0 Å². The number of aromatic amines is 2. The summed E-state index contributed by atoms with van der Waals surface area (Å²) in [6, 6.07) is 0. The van der Waals surface area contributed by atoms with Crippen LogP contribution in [0, 0.1) is 5.92 Å². The number of nitrogens with one attached hydrogen (secondary N) is 2. The molecule has 0 unspecified atom stereocenters. The molecule has 0 atom stereocenters. The van der Waals surface area contributed by atoms with Crippen LogP contribution in [0.5, 0.6) is 0 Å². The molecule has 0 spiro atoms. The normalized spacial score (nSPS) is 17.9. The maximum Gasteiger partial charge on any atom is 0.327 e. The van der Waals surface area contributed by atoms with Crippen LogP contribution in [-0.2, 0) is 6.42 Å². The van der Waals surface area contributed by atoms with E-state index in [0.717, 1.165) is 31.6 Å². The fraction of sp³-hybridized carbons (Fsp3) is 0.600. The molecule has 1 aromatic heterocycles. The second-order valence-electron chi connectivity index (χ2n) is 5.79. The van der Waals surface area contributed by atoms with E-state index in [9.17, 15) is 9.59 Å². The fourth-order valence-corrected chi connectivity index (χ4v) is 2.76. The van der Waals surface area contributed by atoms with Gasteiger partial charge in [0.15, 0.2) is 0 Å². The Labute approximate surface area is 117 Å². The van der Waals surface area contributed by atoms with Crippen molar-refractivity contribution in [2.75, 3.05) is 11.4 Å². The van der Waals surface area contributed by atoms with Crippen molar-refractivity contribution in [3.05, 3.63) is 38.2 Å². The van der Waals surface area contributed by atoms with E-state index in [0.29, 0.717) is 17.9 Å². The van der Waals surface area contributed by atoms with Gasteiger partial charge < -0.3 is 4.90 Å². The molecule has 2 heterocycles. The lowest BCUT2D eigenvalue weighted by atomic mass is 10.0. The van der Waals surface area contributed by atoms with Gasteiger partial charge in [0.2, 0.25) is 0 Å². The van der Waals surface area contributed by atoms with Gasteiger partial charge in [-0.1, -0.05) is 19.4 Å². The minimum atomic E-state index is -0.411. The first-order valence-electron chi connectivity index (χ1n) is 7.51. The van der Waals surface area contributed by atoms with Gasteiger partial charge >= 0.3 is 5.69 Å². The lowest BCUT2D eigenvalue weighted by molar-refractivity contribution is 0.692. The highest BCUT2D eigenvalue weighted by Gasteiger charge is 2.29. The number of anilines is 1. The lowest BCUT2D eigenvalue weighted by Gasteiger charge is -2.31. The smallest absolute Gasteiger partial charge is 0.327 e. The first-order valence-corrected chi connectivity index (χ1v) is 7.51. The summed E-state index contributed by atoms with van der Waals surface area (Å²) >= 11 is 0. The molecular formula is C15H21N3O2. The lowest BCUT2D eigenvalue weighted by Crippen LogP contribution is -2.36. The SMILES string of the molecule is CCCCC1=CCc2c([nH]c(=O)[nH]c2=O)N1CC1CC1. The number of nitrogens with zero attached hydrogens (tertiary/aromatic N) is 1. The Bertz CT molecular complexity index is 637. The van der Waals surface area contributed by atoms with Crippen molar-refractivity contribution >= 4 is 5.82 Å². The highest BCUT2D eigenvalue weighted by Crippen LogP contribution is 2.35. The second kappa shape index (κ2) is 5.31. The summed E-state index contributed by atoms with van der Waals surface area (Å²) in [6.07, 6.45) is 8.55. The van der Waals surface area contributed by atoms with Gasteiger partial charge in [0.1, 0.15) is 5.82 Å². The van der Waals surface area contributed by atoms with Gasteiger partial charge in [-0.25, -0.2) is 4.79 Å². The topological polar surface area (TPSA) is 69.0 Å². The van der Waals surface area contributed by atoms with E-state index < -0.39 is 5.69 Å². The van der Waals surface area contributed by atoms with Crippen molar-refractivity contribution in [2.24, 2.45) is 5.92 Å². The van der Waals surface area contributed by atoms with Gasteiger partial charge in [0, 0.05) is 18.7 Å². The number of hydrogen-bond donors (Lipinski definition) is 2. The van der Waals surface area contributed by atoms with Crippen LogP contribution in [0.15, 0.2) is 21.4 Å². The minimum absolute atomic E-state index is 0.254. The molecule has 5 nitrogen and oxygen atoms in total. The summed E-state index contributed by atoms with van der Waals surface area (Å²) in [6.45, 7) is 3.09. The standard InChI is InChI=1S/C15H21N3O2/c1-2-3-4-11-7-8-12-13(16-15(20)17-14(12)19)18(11)9-10-5-6-10/h7,10H,2-6,8-9H2,1H3,(H2,16,17,19,20). The minimum Gasteiger partial charge on any atom is -0.331 e. The molecule has 2 N–H and O–H groups in total. The largest absolute Gasteiger partial charge is 0.331 e. The Balaban J connectivity index is 1.97. The number of H-pyrrole nitrogens is 2. The summed E-state index contributed by atoms with van der Waals surface area (Å²) in [5, 5.41) is 0. The van der Waals surface area contributed by atoms with Gasteiger partial charge in [-0.05, 0) is 31.6 Å². The zero-order valence-corrected chi connectivity index (χ0v) is 11.9. The van der Waals surface area contributed by atoms with E-state index in [1.165, 1.54) is 18.5 Å². The highest BCUT2D eigenvalue weighted by molar-refractivity contribution is 5.55. The van der Waals surface area contributed by atoms with Gasteiger partial charge in [0.25, 0.3) is 5.56 Å². The number of hydrogen-bond acceptors (Lipinski definition) is 3. The summed E-state index contributed by atoms with van der Waals surface area (Å²) in [4.78, 5) is 30.8. The molecule has 1 aliphatic heterocycles. The summed E-state index contributed by atoms with van der Waals surface area (Å²) in [5.41, 5.74) is 1.28. The maximum atomic E-state index is 11.9. The van der Waals surface area contributed by atoms with Crippen LogP contribution in [0.1, 0.15) is 44.6 Å². The monoisotopic (exact) mass is 275 g/mol. The Hall–Kier alpha value is -1.78. The third-order valence-electron chi connectivity index (χ3n) is 4.10. The molecule has 1 fully saturated rings. The van der Waals surface area contributed by atoms with Crippen LogP contribution >= 0.6 is 0 Å². The first kappa shape index (κ1) is 13.2. The number of aromatic nitrogens is 2. The zero-order chi connectivity index (χ0) is 14.1. The maximum absolute atomic E-state index is 11.9. The van der Waals surface area contributed by atoms with Crippen LogP contribution < -0.4 is 16.1 Å². The summed E-state index contributed by atoms with van der Waals surface area (Å²) in [7, 11) is 0. The van der Waals surface area contributed by atoms with Gasteiger partial charge in [0.05, 0.1) is 5.56 Å². The van der Waals surface area contributed by atoms with Crippen molar-refractivity contribution in [1.29, 1.82) is 0 Å². The third kappa shape index (κ3) is 2.57. The van der Waals surface area contributed by atoms with E-state index in [1.807, 2.05) is 0 Å². The van der Waals surface area contributed by atoms with Crippen LogP contribution in [0.25, 0.3) is 0 Å². The van der Waals surface area contributed by atoms with E-state index in [1.54, 1.807) is 0 Å². The molecule has 0 saturated heterocycles. The van der Waals surface area contributed by atoms with Crippen LogP contribution in [0.2, 0.25) is 0 Å². The Kier molecular flexibility index (Phi) is 3.51. The molecule has 0 radical (unpaired) electrons. The van der Waals surface area contributed by atoms with Gasteiger partial charge in [-0.2, -0.15) is 0 Å². The predicted molar refractivity (Wildman–Crippen MR) is 79.1 cm³/mol. The molecule has 108 valence electrons. The van der Waals surface area contributed by atoms with Crippen molar-refractivity contribution in [3.63, 3.8) is 0 Å². The van der Waals surface area contributed by atoms with Crippen molar-refractivity contribution in [1.82, 2.24) is 9.97 Å². The van der Waals surface area contributed by atoms with Crippen molar-refractivity contribution in [2.45, 2.75) is 45.4 Å². The van der Waals surface area contributed by atoms with Crippen LogP contribution in [0.3, 0.4) is 0 Å². The molecule has 20 heavy (non-hydrogen) atoms. The van der Waals surface area contributed by atoms with Crippen molar-refractivity contribution < 1.29 is 0 Å². The molecule has 2 aliphatic rings. The highest BCUT2D eigenvalue weighted by atomic mass is 16.2. The third-order valence-corrected chi connectivity index (χ3v) is 4.10. The quantitative estimate of drug-likeness (QED) is 0.862. The Morgan fingerprint density at radius 1 is 1.30 bits per heavy atom. The number of fused-ring (bicyclic) bond motifs is 1. The summed E-state index contributed by atoms with van der Waals surface area (Å²) in [5.74, 6) is 1.42. The molecular weight excluding hydrogens is 254 g/mol. The molecule has 1 aromatic rings. The fourth-order valence-electron chi connectivity index (χ4n) is 2.76. The Morgan fingerprint density at radius 3 is 2.80 bits per heavy atom. The van der Waals surface area contributed by atoms with E-state index in [4.69, 9.17) is 0 Å². The van der Waals surface area contributed by atoms with Crippen LogP contribution in [0.4, 0.5) is 5.82 Å². The average Bonchev–Trinajstić information content (AvgIpc) is 3.22. The Morgan fingerprint density at radius 2 is 2.10 bits per heavy atom. The van der Waals surface area contributed by atoms with Gasteiger partial charge in [-0.3, -0.25) is 14.8 Å². The zero-order valence-electron chi connectivity index (χ0n) is 11.9. The molecule has 0 amide bonds. The van der Waals surface area contributed by atoms with E-state index in [-0.39, 0.29) is 5.56 Å². The molecule has 5 heteroatoms. The molecule has 3 rings (SSSR count). The molecule has 0 aromatic carbocycles. The van der Waals surface area contributed by atoms with Crippen molar-refractivity contribution in [3.8, 4) is 0 Å². The number of allylic oxidation sites excluding steroid dienone is 2. The summed E-state index contributed by atoms with van der Waals surface area (Å²) < 4.78 is 0. The van der Waals surface area contributed by atoms with E-state index in [2.05, 4.69) is 27.9 Å². The molecule has 1 aliphatic carbocycles. The van der Waals surface area contributed by atoms with Gasteiger partial charge in [-0.15, -0.1) is 0 Å². The first-order chi connectivity index (χ1) is 9.69. The van der Waals surface area contributed by atoms with Crippen LogP contribution in [-0.4, -0.2) is 16.5 Å². The molecule has 0 bridgehead atoms. The second-order valence-corrected chi connectivity index (χ2v) is 5.79.